The van der Waals surface area contributed by atoms with Crippen LogP contribution in [0.2, 0.25) is 10.0 Å². The van der Waals surface area contributed by atoms with E-state index in [1.807, 2.05) is 18.2 Å². The third kappa shape index (κ3) is 11.4. The van der Waals surface area contributed by atoms with Gasteiger partial charge in [-0.25, -0.2) is 0 Å². The van der Waals surface area contributed by atoms with Crippen molar-refractivity contribution in [1.29, 1.82) is 0 Å². The van der Waals surface area contributed by atoms with Crippen LogP contribution in [0.4, 0.5) is 0 Å². The zero-order valence-corrected chi connectivity index (χ0v) is 18.3. The molecule has 26 heavy (non-hydrogen) atoms. The van der Waals surface area contributed by atoms with Gasteiger partial charge in [-0.2, -0.15) is 11.8 Å². The van der Waals surface area contributed by atoms with Gasteiger partial charge in [0.15, 0.2) is 0 Å². The molecule has 0 saturated heterocycles. The Bertz CT molecular complexity index is 491. The molecule has 0 bridgehead atoms. The summed E-state index contributed by atoms with van der Waals surface area (Å²) in [6, 6.07) is 5.57. The Morgan fingerprint density at radius 2 is 1.54 bits per heavy atom. The first kappa shape index (κ1) is 23.7. The average molecular weight is 418 g/mol. The van der Waals surface area contributed by atoms with Crippen molar-refractivity contribution in [3.05, 3.63) is 33.8 Å². The lowest BCUT2D eigenvalue weighted by molar-refractivity contribution is -0.121. The molecule has 148 valence electrons. The summed E-state index contributed by atoms with van der Waals surface area (Å²) in [5.74, 6) is 1.81. The molecule has 0 radical (unpaired) electrons. The van der Waals surface area contributed by atoms with Gasteiger partial charge in [0.05, 0.1) is 0 Å². The standard InChI is InChI=1S/C21H33Cl2NOS/c1-2-3-4-5-6-7-8-9-10-14-21(25)24-15-16-26-17-18-19(22)12-11-13-20(18)23/h11-13H,2-10,14-17H2,1H3,(H,24,25). The van der Waals surface area contributed by atoms with E-state index in [4.69, 9.17) is 23.2 Å². The summed E-state index contributed by atoms with van der Waals surface area (Å²) < 4.78 is 0. The Kier molecular flexibility index (Phi) is 14.2. The Hall–Kier alpha value is -0.380. The maximum Gasteiger partial charge on any atom is 0.220 e. The number of nitrogens with one attached hydrogen (secondary N) is 1. The second kappa shape index (κ2) is 15.7. The molecule has 0 unspecified atom stereocenters. The SMILES string of the molecule is CCCCCCCCCCCC(=O)NCCSCc1c(Cl)cccc1Cl. The molecule has 1 N–H and O–H groups in total. The first-order valence-corrected chi connectivity index (χ1v) is 11.8. The summed E-state index contributed by atoms with van der Waals surface area (Å²) in [4.78, 5) is 11.8. The van der Waals surface area contributed by atoms with Crippen LogP contribution < -0.4 is 5.32 Å². The minimum absolute atomic E-state index is 0.171. The first-order chi connectivity index (χ1) is 12.6. The van der Waals surface area contributed by atoms with E-state index in [0.717, 1.165) is 23.5 Å². The lowest BCUT2D eigenvalue weighted by Crippen LogP contribution is -2.25. The van der Waals surface area contributed by atoms with Crippen LogP contribution in [0.3, 0.4) is 0 Å². The molecule has 0 aliphatic rings. The lowest BCUT2D eigenvalue weighted by atomic mass is 10.1. The summed E-state index contributed by atoms with van der Waals surface area (Å²) in [6.07, 6.45) is 12.1. The van der Waals surface area contributed by atoms with Crippen LogP contribution in [0.1, 0.15) is 76.7 Å². The van der Waals surface area contributed by atoms with Crippen LogP contribution in [0, 0.1) is 0 Å². The summed E-state index contributed by atoms with van der Waals surface area (Å²) in [5.41, 5.74) is 0.974. The topological polar surface area (TPSA) is 29.1 Å². The molecular formula is C21H33Cl2NOS. The highest BCUT2D eigenvalue weighted by Crippen LogP contribution is 2.27. The van der Waals surface area contributed by atoms with E-state index in [1.54, 1.807) is 11.8 Å². The lowest BCUT2D eigenvalue weighted by Gasteiger charge is -2.08. The van der Waals surface area contributed by atoms with Gasteiger partial charge in [0.1, 0.15) is 0 Å². The molecule has 0 atom stereocenters. The number of hydrogen-bond acceptors (Lipinski definition) is 2. The molecule has 1 aromatic carbocycles. The predicted molar refractivity (Wildman–Crippen MR) is 117 cm³/mol. The summed E-state index contributed by atoms with van der Waals surface area (Å²) in [6.45, 7) is 2.95. The van der Waals surface area contributed by atoms with Gasteiger partial charge in [-0.1, -0.05) is 87.6 Å². The molecule has 0 aliphatic heterocycles. The van der Waals surface area contributed by atoms with Gasteiger partial charge < -0.3 is 5.32 Å². The predicted octanol–water partition coefficient (Wildman–Crippen LogP) is 7.26. The Balaban J connectivity index is 1.94. The van der Waals surface area contributed by atoms with Crippen LogP contribution in [0.25, 0.3) is 0 Å². The highest BCUT2D eigenvalue weighted by Gasteiger charge is 2.05. The number of halogens is 2. The van der Waals surface area contributed by atoms with Gasteiger partial charge in [-0.15, -0.1) is 0 Å². The Morgan fingerprint density at radius 1 is 0.962 bits per heavy atom. The second-order valence-corrected chi connectivity index (χ2v) is 8.60. The monoisotopic (exact) mass is 417 g/mol. The Labute approximate surface area is 173 Å². The number of thioether (sulfide) groups is 1. The van der Waals surface area contributed by atoms with E-state index in [9.17, 15) is 4.79 Å². The number of carbonyl (C=O) groups excluding carboxylic acids is 1. The van der Waals surface area contributed by atoms with Crippen molar-refractivity contribution in [2.45, 2.75) is 76.9 Å². The zero-order valence-electron chi connectivity index (χ0n) is 16.0. The fourth-order valence-corrected chi connectivity index (χ4v) is 4.39. The number of rotatable bonds is 15. The molecule has 0 heterocycles. The molecule has 0 fully saturated rings. The summed E-state index contributed by atoms with van der Waals surface area (Å²) in [5, 5.41) is 4.41. The van der Waals surface area contributed by atoms with Crippen molar-refractivity contribution in [3.63, 3.8) is 0 Å². The van der Waals surface area contributed by atoms with Crippen molar-refractivity contribution in [3.8, 4) is 0 Å². The van der Waals surface area contributed by atoms with Crippen molar-refractivity contribution < 1.29 is 4.79 Å². The summed E-state index contributed by atoms with van der Waals surface area (Å²) >= 11 is 14.0. The van der Waals surface area contributed by atoms with E-state index in [-0.39, 0.29) is 5.91 Å². The molecule has 0 saturated carbocycles. The summed E-state index contributed by atoms with van der Waals surface area (Å²) in [7, 11) is 0. The molecule has 1 amide bonds. The van der Waals surface area contributed by atoms with Crippen LogP contribution >= 0.6 is 35.0 Å². The van der Waals surface area contributed by atoms with Crippen LogP contribution in [0.15, 0.2) is 18.2 Å². The van der Waals surface area contributed by atoms with E-state index < -0.39 is 0 Å². The smallest absolute Gasteiger partial charge is 0.220 e. The van der Waals surface area contributed by atoms with E-state index in [1.165, 1.54) is 51.4 Å². The number of hydrogen-bond donors (Lipinski definition) is 1. The van der Waals surface area contributed by atoms with Crippen molar-refractivity contribution >= 4 is 40.9 Å². The van der Waals surface area contributed by atoms with Crippen LogP contribution in [-0.4, -0.2) is 18.2 Å². The molecule has 0 spiro atoms. The van der Waals surface area contributed by atoms with Gasteiger partial charge in [-0.05, 0) is 24.1 Å². The Morgan fingerprint density at radius 3 is 2.15 bits per heavy atom. The van der Waals surface area contributed by atoms with Crippen LogP contribution in [-0.2, 0) is 10.5 Å². The van der Waals surface area contributed by atoms with Crippen molar-refractivity contribution in [2.75, 3.05) is 12.3 Å². The molecule has 1 aromatic rings. The first-order valence-electron chi connectivity index (χ1n) is 9.92. The van der Waals surface area contributed by atoms with E-state index in [2.05, 4.69) is 12.2 Å². The number of amides is 1. The van der Waals surface area contributed by atoms with E-state index >= 15 is 0 Å². The fourth-order valence-electron chi connectivity index (χ4n) is 2.79. The third-order valence-electron chi connectivity index (χ3n) is 4.38. The van der Waals surface area contributed by atoms with Gasteiger partial charge in [0, 0.05) is 34.5 Å². The maximum atomic E-state index is 11.8. The fraction of sp³-hybridized carbons (Fsp3) is 0.667. The minimum atomic E-state index is 0.171. The minimum Gasteiger partial charge on any atom is -0.355 e. The quantitative estimate of drug-likeness (QED) is 0.304. The molecule has 1 rings (SSSR count). The van der Waals surface area contributed by atoms with Gasteiger partial charge >= 0.3 is 0 Å². The van der Waals surface area contributed by atoms with Gasteiger partial charge in [-0.3, -0.25) is 4.79 Å². The third-order valence-corrected chi connectivity index (χ3v) is 6.08. The average Bonchev–Trinajstić information content (AvgIpc) is 2.62. The highest BCUT2D eigenvalue weighted by molar-refractivity contribution is 7.98. The van der Waals surface area contributed by atoms with Crippen molar-refractivity contribution in [2.24, 2.45) is 0 Å². The van der Waals surface area contributed by atoms with Crippen molar-refractivity contribution in [1.82, 2.24) is 5.32 Å². The molecular weight excluding hydrogens is 385 g/mol. The maximum absolute atomic E-state index is 11.8. The van der Waals surface area contributed by atoms with E-state index in [0.29, 0.717) is 23.0 Å². The largest absolute Gasteiger partial charge is 0.355 e. The molecule has 0 aromatic heterocycles. The number of benzene rings is 1. The van der Waals surface area contributed by atoms with Gasteiger partial charge in [0.25, 0.3) is 0 Å². The second-order valence-electron chi connectivity index (χ2n) is 6.68. The van der Waals surface area contributed by atoms with Gasteiger partial charge in [0.2, 0.25) is 5.91 Å². The number of unbranched alkanes of at least 4 members (excludes halogenated alkanes) is 8. The van der Waals surface area contributed by atoms with Crippen LogP contribution in [0.5, 0.6) is 0 Å². The highest BCUT2D eigenvalue weighted by atomic mass is 35.5. The molecule has 2 nitrogen and oxygen atoms in total. The zero-order chi connectivity index (χ0) is 19.0. The molecule has 0 aliphatic carbocycles. The normalized spacial score (nSPS) is 10.9. The molecule has 5 heteroatoms. The number of carbonyl (C=O) groups is 1.